The molecule has 1 N–H and O–H groups in total. The van der Waals surface area contributed by atoms with E-state index in [-0.39, 0.29) is 6.04 Å². The molecule has 0 aliphatic carbocycles. The van der Waals surface area contributed by atoms with Crippen molar-refractivity contribution < 1.29 is 9.47 Å². The normalized spacial score (nSPS) is 12.2. The van der Waals surface area contributed by atoms with E-state index < -0.39 is 0 Å². The summed E-state index contributed by atoms with van der Waals surface area (Å²) in [6.45, 7) is 5.40. The molecule has 2 aromatic rings. The summed E-state index contributed by atoms with van der Waals surface area (Å²) in [5, 5.41) is 6.29. The molecule has 20 heavy (non-hydrogen) atoms. The first-order valence-corrected chi connectivity index (χ1v) is 7.55. The van der Waals surface area contributed by atoms with Crippen molar-refractivity contribution in [1.29, 1.82) is 0 Å². The monoisotopic (exact) mass is 292 g/mol. The highest BCUT2D eigenvalue weighted by Crippen LogP contribution is 2.26. The first-order chi connectivity index (χ1) is 9.72. The maximum Gasteiger partial charge on any atom is 0.183 e. The van der Waals surface area contributed by atoms with Crippen LogP contribution in [0.5, 0.6) is 5.75 Å². The highest BCUT2D eigenvalue weighted by Gasteiger charge is 2.07. The Bertz CT molecular complexity index is 525. The number of thiazole rings is 1. The molecule has 0 saturated carbocycles. The Morgan fingerprint density at radius 2 is 2.05 bits per heavy atom. The highest BCUT2D eigenvalue weighted by molar-refractivity contribution is 7.14. The second-order valence-electron chi connectivity index (χ2n) is 4.50. The number of ether oxygens (including phenoxy) is 2. The number of nitrogens with zero attached hydrogens (tertiary/aromatic N) is 1. The summed E-state index contributed by atoms with van der Waals surface area (Å²) >= 11 is 1.60. The number of methoxy groups -OCH3 is 1. The lowest BCUT2D eigenvalue weighted by Crippen LogP contribution is -2.20. The zero-order valence-electron chi connectivity index (χ0n) is 12.1. The molecule has 108 valence electrons. The molecule has 0 fully saturated rings. The first kappa shape index (κ1) is 14.8. The SMILES string of the molecule is CCOc1ccc(-c2csc(NC(C)COC)n2)cc1. The zero-order valence-corrected chi connectivity index (χ0v) is 12.9. The van der Waals surface area contributed by atoms with Gasteiger partial charge in [-0.2, -0.15) is 0 Å². The third-order valence-electron chi connectivity index (χ3n) is 2.75. The standard InChI is InChI=1S/C15H20N2O2S/c1-4-19-13-7-5-12(6-8-13)14-10-20-15(17-14)16-11(2)9-18-3/h5-8,10-11H,4,9H2,1-3H3,(H,16,17). The number of benzene rings is 1. The van der Waals surface area contributed by atoms with E-state index in [0.717, 1.165) is 22.1 Å². The summed E-state index contributed by atoms with van der Waals surface area (Å²) in [6, 6.07) is 8.25. The fourth-order valence-electron chi connectivity index (χ4n) is 1.86. The summed E-state index contributed by atoms with van der Waals surface area (Å²) in [7, 11) is 1.70. The fourth-order valence-corrected chi connectivity index (χ4v) is 2.70. The lowest BCUT2D eigenvalue weighted by Gasteiger charge is -2.10. The molecule has 1 unspecified atom stereocenters. The van der Waals surface area contributed by atoms with Crippen molar-refractivity contribution in [2.45, 2.75) is 19.9 Å². The average molecular weight is 292 g/mol. The maximum absolute atomic E-state index is 5.44. The van der Waals surface area contributed by atoms with E-state index in [1.807, 2.05) is 31.2 Å². The van der Waals surface area contributed by atoms with Crippen LogP contribution in [0.1, 0.15) is 13.8 Å². The minimum absolute atomic E-state index is 0.249. The van der Waals surface area contributed by atoms with Crippen molar-refractivity contribution in [3.8, 4) is 17.0 Å². The van der Waals surface area contributed by atoms with Crippen LogP contribution in [0, 0.1) is 0 Å². The molecule has 0 radical (unpaired) electrons. The molecule has 5 heteroatoms. The molecular formula is C15H20N2O2S. The van der Waals surface area contributed by atoms with Crippen LogP contribution in [0.25, 0.3) is 11.3 Å². The van der Waals surface area contributed by atoms with Crippen LogP contribution in [0.4, 0.5) is 5.13 Å². The summed E-state index contributed by atoms with van der Waals surface area (Å²) < 4.78 is 10.5. The molecule has 0 aliphatic rings. The minimum Gasteiger partial charge on any atom is -0.494 e. The summed E-state index contributed by atoms with van der Waals surface area (Å²) in [4.78, 5) is 4.59. The number of rotatable bonds is 7. The molecule has 4 nitrogen and oxygen atoms in total. The molecule has 0 saturated heterocycles. The second-order valence-corrected chi connectivity index (χ2v) is 5.35. The van der Waals surface area contributed by atoms with Gasteiger partial charge in [0, 0.05) is 24.1 Å². The lowest BCUT2D eigenvalue weighted by atomic mass is 10.2. The van der Waals surface area contributed by atoms with Gasteiger partial charge < -0.3 is 14.8 Å². The predicted molar refractivity (Wildman–Crippen MR) is 83.7 cm³/mol. The zero-order chi connectivity index (χ0) is 14.4. The second kappa shape index (κ2) is 7.26. The van der Waals surface area contributed by atoms with Gasteiger partial charge in [-0.1, -0.05) is 0 Å². The topological polar surface area (TPSA) is 43.4 Å². The Kier molecular flexibility index (Phi) is 5.38. The summed E-state index contributed by atoms with van der Waals surface area (Å²) in [5.74, 6) is 0.888. The molecule has 0 aliphatic heterocycles. The van der Waals surface area contributed by atoms with Crippen LogP contribution in [0.3, 0.4) is 0 Å². The van der Waals surface area contributed by atoms with Gasteiger partial charge >= 0.3 is 0 Å². The largest absolute Gasteiger partial charge is 0.494 e. The van der Waals surface area contributed by atoms with Crippen molar-refractivity contribution in [3.05, 3.63) is 29.6 Å². The Morgan fingerprint density at radius 3 is 2.70 bits per heavy atom. The molecule has 1 atom stereocenters. The van der Waals surface area contributed by atoms with E-state index in [2.05, 4.69) is 22.6 Å². The van der Waals surface area contributed by atoms with Crippen LogP contribution in [-0.2, 0) is 4.74 Å². The van der Waals surface area contributed by atoms with E-state index in [0.29, 0.717) is 13.2 Å². The van der Waals surface area contributed by atoms with Gasteiger partial charge in [-0.3, -0.25) is 0 Å². The number of aromatic nitrogens is 1. The maximum atomic E-state index is 5.44. The molecular weight excluding hydrogens is 272 g/mol. The summed E-state index contributed by atoms with van der Waals surface area (Å²) in [6.07, 6.45) is 0. The predicted octanol–water partition coefficient (Wildman–Crippen LogP) is 3.66. The van der Waals surface area contributed by atoms with Crippen molar-refractivity contribution >= 4 is 16.5 Å². The molecule has 0 amide bonds. The Labute approximate surface area is 123 Å². The number of nitrogens with one attached hydrogen (secondary N) is 1. The van der Waals surface area contributed by atoms with E-state index in [9.17, 15) is 0 Å². The van der Waals surface area contributed by atoms with Crippen molar-refractivity contribution in [2.24, 2.45) is 0 Å². The first-order valence-electron chi connectivity index (χ1n) is 6.67. The smallest absolute Gasteiger partial charge is 0.183 e. The highest BCUT2D eigenvalue weighted by atomic mass is 32.1. The Morgan fingerprint density at radius 1 is 1.30 bits per heavy atom. The molecule has 0 spiro atoms. The quantitative estimate of drug-likeness (QED) is 0.846. The van der Waals surface area contributed by atoms with Crippen LogP contribution in [0.15, 0.2) is 29.6 Å². The van der Waals surface area contributed by atoms with Gasteiger partial charge in [0.05, 0.1) is 18.9 Å². The fraction of sp³-hybridized carbons (Fsp3) is 0.400. The third kappa shape index (κ3) is 3.95. The lowest BCUT2D eigenvalue weighted by molar-refractivity contribution is 0.190. The minimum atomic E-state index is 0.249. The van der Waals surface area contributed by atoms with Crippen molar-refractivity contribution in [3.63, 3.8) is 0 Å². The van der Waals surface area contributed by atoms with Crippen molar-refractivity contribution in [2.75, 3.05) is 25.6 Å². The van der Waals surface area contributed by atoms with Crippen LogP contribution in [-0.4, -0.2) is 31.3 Å². The molecule has 1 aromatic heterocycles. The Balaban J connectivity index is 2.04. The summed E-state index contributed by atoms with van der Waals surface area (Å²) in [5.41, 5.74) is 2.07. The average Bonchev–Trinajstić information content (AvgIpc) is 2.88. The van der Waals surface area contributed by atoms with E-state index in [1.54, 1.807) is 18.4 Å². The van der Waals surface area contributed by atoms with Gasteiger partial charge in [-0.05, 0) is 38.1 Å². The number of hydrogen-bond donors (Lipinski definition) is 1. The van der Waals surface area contributed by atoms with Gasteiger partial charge in [0.25, 0.3) is 0 Å². The van der Waals surface area contributed by atoms with Crippen molar-refractivity contribution in [1.82, 2.24) is 4.98 Å². The molecule has 0 bridgehead atoms. The molecule has 1 heterocycles. The van der Waals surface area contributed by atoms with Crippen LogP contribution in [0.2, 0.25) is 0 Å². The van der Waals surface area contributed by atoms with E-state index in [4.69, 9.17) is 9.47 Å². The van der Waals surface area contributed by atoms with Gasteiger partial charge in [0.15, 0.2) is 5.13 Å². The van der Waals surface area contributed by atoms with Gasteiger partial charge in [0.2, 0.25) is 0 Å². The van der Waals surface area contributed by atoms with E-state index in [1.165, 1.54) is 0 Å². The van der Waals surface area contributed by atoms with Crippen LogP contribution >= 0.6 is 11.3 Å². The third-order valence-corrected chi connectivity index (χ3v) is 3.53. The van der Waals surface area contributed by atoms with Crippen LogP contribution < -0.4 is 10.1 Å². The van der Waals surface area contributed by atoms with E-state index >= 15 is 0 Å². The van der Waals surface area contributed by atoms with Gasteiger partial charge in [-0.15, -0.1) is 11.3 Å². The van der Waals surface area contributed by atoms with Gasteiger partial charge in [0.1, 0.15) is 5.75 Å². The Hall–Kier alpha value is -1.59. The number of hydrogen-bond acceptors (Lipinski definition) is 5. The van der Waals surface area contributed by atoms with Gasteiger partial charge in [-0.25, -0.2) is 4.98 Å². The number of anilines is 1. The molecule has 1 aromatic carbocycles. The molecule has 2 rings (SSSR count).